The Kier molecular flexibility index (Phi) is 7.78. The maximum Gasteiger partial charge on any atom is 0.164 e. The van der Waals surface area contributed by atoms with Gasteiger partial charge in [-0.15, -0.1) is 0 Å². The lowest BCUT2D eigenvalue weighted by molar-refractivity contribution is 0.351. The molecule has 4 aromatic carbocycles. The van der Waals surface area contributed by atoms with E-state index < -0.39 is 0 Å². The van der Waals surface area contributed by atoms with Crippen molar-refractivity contribution in [3.63, 3.8) is 0 Å². The largest absolute Gasteiger partial charge is 0.507 e. The van der Waals surface area contributed by atoms with Gasteiger partial charge in [0.25, 0.3) is 0 Å². The molecule has 0 aliphatic rings. The summed E-state index contributed by atoms with van der Waals surface area (Å²) in [4.78, 5) is 0. The van der Waals surface area contributed by atoms with E-state index in [1.807, 2.05) is 19.1 Å². The molecule has 6 heteroatoms. The molecule has 4 aromatic rings. The maximum atomic E-state index is 11.9. The second kappa shape index (κ2) is 10.8. The molecule has 0 unspecified atom stereocenters. The molecule has 1 N–H and O–H groups in total. The van der Waals surface area contributed by atoms with Gasteiger partial charge in [0, 0.05) is 33.0 Å². The fourth-order valence-electron chi connectivity index (χ4n) is 5.97. The lowest BCUT2D eigenvalue weighted by Gasteiger charge is -2.24. The lowest BCUT2D eigenvalue weighted by Crippen LogP contribution is -2.03. The highest BCUT2D eigenvalue weighted by atomic mass is 16.5. The van der Waals surface area contributed by atoms with Crippen LogP contribution in [-0.4, -0.2) is 40.7 Å². The smallest absolute Gasteiger partial charge is 0.164 e. The highest BCUT2D eigenvalue weighted by Crippen LogP contribution is 2.53. The number of fused-ring (bicyclic) bond motifs is 2. The monoisotopic (exact) mass is 532 g/mol. The van der Waals surface area contributed by atoms with Crippen LogP contribution in [-0.2, 0) is 0 Å². The number of phenols is 1. The summed E-state index contributed by atoms with van der Waals surface area (Å²) in [6.45, 7) is 12.6. The SMILES string of the molecule is COc1cc2c(O)c(-c3c(C)cc4c(C(C)C)c(OC)c(OC)cc4c3OC)c(C)cc2c(C(C)C)c1OC. The standard InChI is InChI=1S/C33H40O6/c1-16(2)26-20-12-18(5)28(30(34)22(20)14-24(35-7)32(26)38-10)29-19(6)13-21-23(31(29)37-9)15-25(36-8)33(39-11)27(21)17(3)4/h12-17,34H,1-11H3. The van der Waals surface area contributed by atoms with Gasteiger partial charge in [-0.2, -0.15) is 0 Å². The van der Waals surface area contributed by atoms with E-state index in [0.29, 0.717) is 28.4 Å². The van der Waals surface area contributed by atoms with Crippen LogP contribution in [0.25, 0.3) is 32.7 Å². The Hall–Kier alpha value is -3.80. The van der Waals surface area contributed by atoms with Crippen LogP contribution in [0.4, 0.5) is 0 Å². The van der Waals surface area contributed by atoms with Gasteiger partial charge in [-0.05, 0) is 59.7 Å². The molecule has 0 aromatic heterocycles. The topological polar surface area (TPSA) is 66.4 Å². The van der Waals surface area contributed by atoms with Gasteiger partial charge in [-0.3, -0.25) is 0 Å². The molecule has 39 heavy (non-hydrogen) atoms. The number of methoxy groups -OCH3 is 5. The minimum Gasteiger partial charge on any atom is -0.507 e. The van der Waals surface area contributed by atoms with Gasteiger partial charge in [0.1, 0.15) is 11.5 Å². The predicted octanol–water partition coefficient (Wildman–Crippen LogP) is 8.27. The molecule has 0 bridgehead atoms. The van der Waals surface area contributed by atoms with E-state index in [9.17, 15) is 5.11 Å². The molecule has 0 spiro atoms. The van der Waals surface area contributed by atoms with Gasteiger partial charge in [0.05, 0.1) is 35.5 Å². The van der Waals surface area contributed by atoms with Crippen molar-refractivity contribution >= 4 is 21.5 Å². The molecule has 208 valence electrons. The molecule has 6 nitrogen and oxygen atoms in total. The van der Waals surface area contributed by atoms with Crippen molar-refractivity contribution in [1.82, 2.24) is 0 Å². The molecule has 0 aliphatic carbocycles. The Bertz CT molecular complexity index is 1570. The zero-order chi connectivity index (χ0) is 28.8. The number of aromatic hydroxyl groups is 1. The van der Waals surface area contributed by atoms with Crippen molar-refractivity contribution < 1.29 is 28.8 Å². The molecule has 0 amide bonds. The molecule has 0 radical (unpaired) electrons. The molecule has 0 fully saturated rings. The van der Waals surface area contributed by atoms with Crippen LogP contribution in [0.3, 0.4) is 0 Å². The van der Waals surface area contributed by atoms with Crippen molar-refractivity contribution in [1.29, 1.82) is 0 Å². The van der Waals surface area contributed by atoms with Gasteiger partial charge in [-0.1, -0.05) is 39.8 Å². The minimum atomic E-state index is 0.149. The Morgan fingerprint density at radius 1 is 0.513 bits per heavy atom. The Labute approximate surface area is 231 Å². The molecule has 0 atom stereocenters. The van der Waals surface area contributed by atoms with E-state index in [1.54, 1.807) is 35.5 Å². The quantitative estimate of drug-likeness (QED) is 0.246. The van der Waals surface area contributed by atoms with E-state index >= 15 is 0 Å². The average molecular weight is 533 g/mol. The average Bonchev–Trinajstić information content (AvgIpc) is 2.90. The van der Waals surface area contributed by atoms with Crippen LogP contribution in [0.1, 0.15) is 61.8 Å². The zero-order valence-electron chi connectivity index (χ0n) is 25.0. The van der Waals surface area contributed by atoms with E-state index in [2.05, 4.69) is 46.8 Å². The summed E-state index contributed by atoms with van der Waals surface area (Å²) in [7, 11) is 8.24. The Morgan fingerprint density at radius 3 is 1.33 bits per heavy atom. The fourth-order valence-corrected chi connectivity index (χ4v) is 5.97. The van der Waals surface area contributed by atoms with Crippen molar-refractivity contribution in [3.05, 3.63) is 46.5 Å². The summed E-state index contributed by atoms with van der Waals surface area (Å²) in [6, 6.07) is 8.09. The number of ether oxygens (including phenoxy) is 5. The first-order valence-corrected chi connectivity index (χ1v) is 13.2. The van der Waals surface area contributed by atoms with Crippen molar-refractivity contribution in [2.45, 2.75) is 53.4 Å². The molecule has 0 aliphatic heterocycles. The summed E-state index contributed by atoms with van der Waals surface area (Å²) in [5.74, 6) is 3.82. The van der Waals surface area contributed by atoms with Crippen molar-refractivity contribution in [2.24, 2.45) is 0 Å². The number of hydrogen-bond acceptors (Lipinski definition) is 6. The van der Waals surface area contributed by atoms with Crippen LogP contribution in [0.2, 0.25) is 0 Å². The first-order valence-electron chi connectivity index (χ1n) is 13.2. The summed E-state index contributed by atoms with van der Waals surface area (Å²) < 4.78 is 29.1. The number of benzene rings is 4. The third kappa shape index (κ3) is 4.36. The molecule has 4 rings (SSSR count). The maximum absolute atomic E-state index is 11.9. The highest BCUT2D eigenvalue weighted by Gasteiger charge is 2.27. The van der Waals surface area contributed by atoms with Crippen LogP contribution >= 0.6 is 0 Å². The normalized spacial score (nSPS) is 11.5. The second-order valence-corrected chi connectivity index (χ2v) is 10.6. The van der Waals surface area contributed by atoms with Gasteiger partial charge in [0.2, 0.25) is 0 Å². The lowest BCUT2D eigenvalue weighted by atomic mass is 9.85. The summed E-state index contributed by atoms with van der Waals surface area (Å²) in [6.07, 6.45) is 0. The van der Waals surface area contributed by atoms with E-state index in [0.717, 1.165) is 55.3 Å². The molecular weight excluding hydrogens is 492 g/mol. The summed E-state index contributed by atoms with van der Waals surface area (Å²) in [5, 5.41) is 15.5. The third-order valence-electron chi connectivity index (χ3n) is 7.58. The van der Waals surface area contributed by atoms with Crippen molar-refractivity contribution in [3.8, 4) is 45.6 Å². The molecule has 0 saturated heterocycles. The van der Waals surface area contributed by atoms with Crippen LogP contribution < -0.4 is 23.7 Å². The van der Waals surface area contributed by atoms with E-state index in [4.69, 9.17) is 23.7 Å². The third-order valence-corrected chi connectivity index (χ3v) is 7.58. The Balaban J connectivity index is 2.19. The summed E-state index contributed by atoms with van der Waals surface area (Å²) in [5.41, 5.74) is 5.52. The second-order valence-electron chi connectivity index (χ2n) is 10.6. The molecule has 0 saturated carbocycles. The Morgan fingerprint density at radius 2 is 0.923 bits per heavy atom. The van der Waals surface area contributed by atoms with E-state index in [-0.39, 0.29) is 17.6 Å². The minimum absolute atomic E-state index is 0.149. The van der Waals surface area contributed by atoms with Crippen molar-refractivity contribution in [2.75, 3.05) is 35.5 Å². The van der Waals surface area contributed by atoms with E-state index in [1.165, 1.54) is 0 Å². The van der Waals surface area contributed by atoms with Crippen LogP contribution in [0.15, 0.2) is 24.3 Å². The number of phenolic OH excluding ortho intramolecular Hbond substituents is 1. The fraction of sp³-hybridized carbons (Fsp3) is 0.394. The highest BCUT2D eigenvalue weighted by molar-refractivity contribution is 6.06. The van der Waals surface area contributed by atoms with Crippen LogP contribution in [0, 0.1) is 13.8 Å². The first-order chi connectivity index (χ1) is 18.6. The molecular formula is C33H40O6. The summed E-state index contributed by atoms with van der Waals surface area (Å²) >= 11 is 0. The zero-order valence-corrected chi connectivity index (χ0v) is 25.0. The molecule has 0 heterocycles. The number of hydrogen-bond donors (Lipinski definition) is 1. The van der Waals surface area contributed by atoms with Crippen LogP contribution in [0.5, 0.6) is 34.5 Å². The van der Waals surface area contributed by atoms with Gasteiger partial charge < -0.3 is 28.8 Å². The predicted molar refractivity (Wildman–Crippen MR) is 159 cm³/mol. The number of rotatable bonds is 8. The number of aryl methyl sites for hydroxylation is 2. The van der Waals surface area contributed by atoms with Gasteiger partial charge >= 0.3 is 0 Å². The van der Waals surface area contributed by atoms with Gasteiger partial charge in [-0.25, -0.2) is 0 Å². The van der Waals surface area contributed by atoms with Gasteiger partial charge in [0.15, 0.2) is 23.0 Å². The first kappa shape index (κ1) is 28.2.